The standard InChI is InChI=1S/C13H15BrO2S/c1-13(2,3)12(14)9-10-17(15,16)11-7-5-4-6-8-11/h4-8,10H,1-3H3. The zero-order chi connectivity index (χ0) is 13.1. The quantitative estimate of drug-likeness (QED) is 0.776. The molecular weight excluding hydrogens is 300 g/mol. The molecule has 0 bridgehead atoms. The largest absolute Gasteiger partial charge is 0.218 e. The van der Waals surface area contributed by atoms with Crippen molar-refractivity contribution >= 4 is 25.8 Å². The lowest BCUT2D eigenvalue weighted by molar-refractivity contribution is 0.537. The molecule has 0 saturated carbocycles. The minimum Gasteiger partial charge on any atom is -0.218 e. The Kier molecular flexibility index (Phi) is 4.36. The lowest BCUT2D eigenvalue weighted by atomic mass is 9.97. The molecule has 0 spiro atoms. The maximum absolute atomic E-state index is 11.9. The molecule has 0 aliphatic heterocycles. The van der Waals surface area contributed by atoms with Crippen molar-refractivity contribution in [3.63, 3.8) is 0 Å². The summed E-state index contributed by atoms with van der Waals surface area (Å²) >= 11 is 3.33. The van der Waals surface area contributed by atoms with E-state index in [4.69, 9.17) is 0 Å². The van der Waals surface area contributed by atoms with Crippen LogP contribution in [0.4, 0.5) is 0 Å². The van der Waals surface area contributed by atoms with Gasteiger partial charge in [0.25, 0.3) is 0 Å². The topological polar surface area (TPSA) is 34.1 Å². The van der Waals surface area contributed by atoms with Crippen LogP contribution in [0.2, 0.25) is 0 Å². The molecular formula is C13H15BrO2S. The van der Waals surface area contributed by atoms with Crippen LogP contribution < -0.4 is 0 Å². The third-order valence-corrected chi connectivity index (χ3v) is 4.85. The van der Waals surface area contributed by atoms with E-state index in [2.05, 4.69) is 21.7 Å². The van der Waals surface area contributed by atoms with Crippen LogP contribution in [0.1, 0.15) is 20.8 Å². The third kappa shape index (κ3) is 4.15. The summed E-state index contributed by atoms with van der Waals surface area (Å²) in [5, 5.41) is 1.11. The fourth-order valence-corrected chi connectivity index (χ4v) is 2.24. The number of rotatable bonds is 2. The molecule has 0 fully saturated rings. The highest BCUT2D eigenvalue weighted by Gasteiger charge is 2.14. The maximum Gasteiger partial charge on any atom is 0.207 e. The van der Waals surface area contributed by atoms with Gasteiger partial charge in [0.05, 0.1) is 10.3 Å². The minimum atomic E-state index is -3.40. The van der Waals surface area contributed by atoms with Gasteiger partial charge in [-0.05, 0) is 28.1 Å². The van der Waals surface area contributed by atoms with E-state index >= 15 is 0 Å². The normalized spacial score (nSPS) is 11.8. The van der Waals surface area contributed by atoms with E-state index in [1.807, 2.05) is 20.8 Å². The SMILES string of the molecule is CC(C)(C)C(Br)=C=CS(=O)(=O)c1ccccc1. The van der Waals surface area contributed by atoms with Gasteiger partial charge >= 0.3 is 0 Å². The number of halogens is 1. The van der Waals surface area contributed by atoms with E-state index in [0.717, 1.165) is 9.89 Å². The molecule has 1 aromatic rings. The number of hydrogen-bond acceptors (Lipinski definition) is 2. The second-order valence-electron chi connectivity index (χ2n) is 4.68. The highest BCUT2D eigenvalue weighted by molar-refractivity contribution is 9.11. The lowest BCUT2D eigenvalue weighted by Crippen LogP contribution is -2.03. The predicted octanol–water partition coefficient (Wildman–Crippen LogP) is 3.90. The average molecular weight is 315 g/mol. The second-order valence-corrected chi connectivity index (χ2v) is 7.27. The van der Waals surface area contributed by atoms with Crippen LogP contribution in [-0.4, -0.2) is 8.42 Å². The molecule has 0 N–H and O–H groups in total. The summed E-state index contributed by atoms with van der Waals surface area (Å²) in [5.41, 5.74) is 2.63. The van der Waals surface area contributed by atoms with Crippen molar-refractivity contribution in [3.8, 4) is 0 Å². The van der Waals surface area contributed by atoms with Crippen molar-refractivity contribution in [2.75, 3.05) is 0 Å². The van der Waals surface area contributed by atoms with E-state index in [9.17, 15) is 8.42 Å². The van der Waals surface area contributed by atoms with Crippen molar-refractivity contribution in [3.05, 3.63) is 46.0 Å². The van der Waals surface area contributed by atoms with Gasteiger partial charge in [0.1, 0.15) is 0 Å². The highest BCUT2D eigenvalue weighted by atomic mass is 79.9. The van der Waals surface area contributed by atoms with Crippen LogP contribution in [-0.2, 0) is 9.84 Å². The molecule has 0 heterocycles. The molecule has 0 aliphatic carbocycles. The number of hydrogen-bond donors (Lipinski definition) is 0. The Morgan fingerprint density at radius 2 is 1.76 bits per heavy atom. The summed E-state index contributed by atoms with van der Waals surface area (Å²) in [6, 6.07) is 8.31. The molecule has 0 aromatic heterocycles. The number of benzene rings is 1. The van der Waals surface area contributed by atoms with Gasteiger partial charge in [0.2, 0.25) is 9.84 Å². The van der Waals surface area contributed by atoms with Crippen LogP contribution in [0.5, 0.6) is 0 Å². The number of allylic oxidation sites excluding steroid dienone is 1. The second kappa shape index (κ2) is 5.21. The molecule has 0 unspecified atom stereocenters. The van der Waals surface area contributed by atoms with Crippen LogP contribution >= 0.6 is 15.9 Å². The molecule has 0 atom stereocenters. The first-order chi connectivity index (χ1) is 7.73. The zero-order valence-corrected chi connectivity index (χ0v) is 12.5. The van der Waals surface area contributed by atoms with Gasteiger partial charge in [-0.25, -0.2) is 8.42 Å². The summed E-state index contributed by atoms with van der Waals surface area (Å²) in [4.78, 5) is 0.279. The Bertz CT molecular complexity index is 545. The summed E-state index contributed by atoms with van der Waals surface area (Å²) in [7, 11) is -3.40. The minimum absolute atomic E-state index is 0.150. The van der Waals surface area contributed by atoms with Crippen LogP contribution in [0, 0.1) is 5.41 Å². The highest BCUT2D eigenvalue weighted by Crippen LogP contribution is 2.29. The Hall–Kier alpha value is -0.830. The van der Waals surface area contributed by atoms with Crippen LogP contribution in [0.15, 0.2) is 50.8 Å². The summed E-state index contributed by atoms with van der Waals surface area (Å²) < 4.78 is 24.5. The molecule has 0 saturated heterocycles. The van der Waals surface area contributed by atoms with Gasteiger partial charge in [-0.15, -0.1) is 0 Å². The summed E-state index contributed by atoms with van der Waals surface area (Å²) in [6.45, 7) is 5.94. The van der Waals surface area contributed by atoms with Gasteiger partial charge in [-0.1, -0.05) is 44.7 Å². The molecule has 17 heavy (non-hydrogen) atoms. The van der Waals surface area contributed by atoms with Crippen LogP contribution in [0.3, 0.4) is 0 Å². The van der Waals surface area contributed by atoms with Crippen molar-refractivity contribution in [2.24, 2.45) is 5.41 Å². The average Bonchev–Trinajstić information content (AvgIpc) is 2.26. The monoisotopic (exact) mass is 314 g/mol. The summed E-state index contributed by atoms with van der Waals surface area (Å²) in [6.07, 6.45) is 0. The van der Waals surface area contributed by atoms with E-state index in [-0.39, 0.29) is 10.3 Å². The fraction of sp³-hybridized carbons (Fsp3) is 0.308. The molecule has 1 rings (SSSR count). The first-order valence-corrected chi connectivity index (χ1v) is 7.50. The van der Waals surface area contributed by atoms with Crippen LogP contribution in [0.25, 0.3) is 0 Å². The van der Waals surface area contributed by atoms with Gasteiger partial charge in [0.15, 0.2) is 0 Å². The first kappa shape index (κ1) is 14.2. The van der Waals surface area contributed by atoms with Crippen molar-refractivity contribution in [1.82, 2.24) is 0 Å². The Morgan fingerprint density at radius 1 is 1.24 bits per heavy atom. The molecule has 0 aliphatic rings. The van der Waals surface area contributed by atoms with E-state index < -0.39 is 9.84 Å². The van der Waals surface area contributed by atoms with E-state index in [0.29, 0.717) is 0 Å². The van der Waals surface area contributed by atoms with Gasteiger partial charge < -0.3 is 0 Å². The summed E-state index contributed by atoms with van der Waals surface area (Å²) in [5.74, 6) is 0. The van der Waals surface area contributed by atoms with Gasteiger partial charge in [-0.3, -0.25) is 0 Å². The van der Waals surface area contributed by atoms with E-state index in [1.54, 1.807) is 30.3 Å². The number of sulfone groups is 1. The Morgan fingerprint density at radius 3 is 2.24 bits per heavy atom. The molecule has 92 valence electrons. The van der Waals surface area contributed by atoms with Gasteiger partial charge in [0, 0.05) is 9.90 Å². The molecule has 0 amide bonds. The Balaban J connectivity index is 3.17. The Labute approximate surface area is 111 Å². The van der Waals surface area contributed by atoms with E-state index in [1.165, 1.54) is 0 Å². The van der Waals surface area contributed by atoms with Crippen molar-refractivity contribution in [1.29, 1.82) is 0 Å². The lowest BCUT2D eigenvalue weighted by Gasteiger charge is -2.14. The molecule has 1 aromatic carbocycles. The smallest absolute Gasteiger partial charge is 0.207 e. The predicted molar refractivity (Wildman–Crippen MR) is 73.6 cm³/mol. The van der Waals surface area contributed by atoms with Crippen molar-refractivity contribution < 1.29 is 8.42 Å². The first-order valence-electron chi connectivity index (χ1n) is 5.16. The molecule has 4 heteroatoms. The maximum atomic E-state index is 11.9. The zero-order valence-electron chi connectivity index (χ0n) is 10.1. The fourth-order valence-electron chi connectivity index (χ4n) is 1.02. The van der Waals surface area contributed by atoms with Gasteiger partial charge in [-0.2, -0.15) is 0 Å². The molecule has 0 radical (unpaired) electrons. The molecule has 2 nitrogen and oxygen atoms in total. The third-order valence-electron chi connectivity index (χ3n) is 2.07. The van der Waals surface area contributed by atoms with Crippen molar-refractivity contribution in [2.45, 2.75) is 25.7 Å².